The maximum absolute atomic E-state index is 10.8. The highest BCUT2D eigenvalue weighted by molar-refractivity contribution is 5.76. The van der Waals surface area contributed by atoms with Crippen LogP contribution in [0.4, 0.5) is 5.69 Å². The maximum atomic E-state index is 10.8. The quantitative estimate of drug-likeness (QED) is 0.787. The van der Waals surface area contributed by atoms with Crippen molar-refractivity contribution in [3.8, 4) is 5.75 Å². The molecule has 1 aromatic carbocycles. The second-order valence-corrected chi connectivity index (χ2v) is 4.54. The van der Waals surface area contributed by atoms with Crippen molar-refractivity contribution in [2.45, 2.75) is 26.4 Å². The van der Waals surface area contributed by atoms with Gasteiger partial charge in [0.25, 0.3) is 0 Å². The third-order valence-corrected chi connectivity index (χ3v) is 2.93. The molecule has 1 aromatic rings. The standard InChI is InChI=1S/C14H21NO4/c1-4-15(5-2)11-7-6-8-12(9-11)19-10-14(3,18)13(16)17/h6-9,18H,4-5,10H2,1-3H3,(H,16,17). The number of ether oxygens (including phenoxy) is 1. The Morgan fingerprint density at radius 1 is 1.37 bits per heavy atom. The number of anilines is 1. The average Bonchev–Trinajstić information content (AvgIpc) is 2.38. The van der Waals surface area contributed by atoms with Gasteiger partial charge < -0.3 is 19.8 Å². The van der Waals surface area contributed by atoms with Crippen LogP contribution < -0.4 is 9.64 Å². The molecule has 19 heavy (non-hydrogen) atoms. The highest BCUT2D eigenvalue weighted by Gasteiger charge is 2.30. The lowest BCUT2D eigenvalue weighted by Crippen LogP contribution is -2.41. The van der Waals surface area contributed by atoms with Crippen LogP contribution in [0.15, 0.2) is 24.3 Å². The summed E-state index contributed by atoms with van der Waals surface area (Å²) in [4.78, 5) is 12.9. The maximum Gasteiger partial charge on any atom is 0.339 e. The first-order valence-corrected chi connectivity index (χ1v) is 6.34. The van der Waals surface area contributed by atoms with E-state index in [2.05, 4.69) is 18.7 Å². The number of carbonyl (C=O) groups is 1. The molecule has 0 amide bonds. The minimum atomic E-state index is -1.88. The van der Waals surface area contributed by atoms with Gasteiger partial charge in [0.2, 0.25) is 0 Å². The van der Waals surface area contributed by atoms with Gasteiger partial charge in [-0.3, -0.25) is 0 Å². The lowest BCUT2D eigenvalue weighted by molar-refractivity contribution is -0.159. The molecule has 0 aliphatic heterocycles. The van der Waals surface area contributed by atoms with E-state index in [1.807, 2.05) is 18.2 Å². The fourth-order valence-corrected chi connectivity index (χ4v) is 1.64. The number of hydrogen-bond donors (Lipinski definition) is 2. The van der Waals surface area contributed by atoms with Gasteiger partial charge in [-0.1, -0.05) is 6.07 Å². The second kappa shape index (κ2) is 6.43. The zero-order chi connectivity index (χ0) is 14.5. The molecule has 0 fully saturated rings. The third kappa shape index (κ3) is 4.13. The molecule has 0 aliphatic rings. The van der Waals surface area contributed by atoms with Crippen LogP contribution in [0.5, 0.6) is 5.75 Å². The van der Waals surface area contributed by atoms with E-state index in [4.69, 9.17) is 9.84 Å². The number of carboxylic acids is 1. The van der Waals surface area contributed by atoms with Gasteiger partial charge in [-0.2, -0.15) is 0 Å². The number of aliphatic carboxylic acids is 1. The van der Waals surface area contributed by atoms with E-state index in [0.717, 1.165) is 18.8 Å². The van der Waals surface area contributed by atoms with E-state index < -0.39 is 11.6 Å². The second-order valence-electron chi connectivity index (χ2n) is 4.54. The molecule has 0 bridgehead atoms. The Kier molecular flexibility index (Phi) is 5.18. The summed E-state index contributed by atoms with van der Waals surface area (Å²) in [5.74, 6) is -0.752. The lowest BCUT2D eigenvalue weighted by Gasteiger charge is -2.22. The fraction of sp³-hybridized carbons (Fsp3) is 0.500. The smallest absolute Gasteiger partial charge is 0.339 e. The average molecular weight is 267 g/mol. The lowest BCUT2D eigenvalue weighted by atomic mass is 10.1. The minimum Gasteiger partial charge on any atom is -0.490 e. The summed E-state index contributed by atoms with van der Waals surface area (Å²) in [5.41, 5.74) is -0.872. The molecule has 5 heteroatoms. The van der Waals surface area contributed by atoms with Crippen LogP contribution in [0.1, 0.15) is 20.8 Å². The van der Waals surface area contributed by atoms with Crippen LogP contribution in [0.3, 0.4) is 0 Å². The van der Waals surface area contributed by atoms with Crippen LogP contribution in [0.25, 0.3) is 0 Å². The van der Waals surface area contributed by atoms with Gasteiger partial charge in [0.1, 0.15) is 12.4 Å². The Morgan fingerprint density at radius 2 is 2.00 bits per heavy atom. The zero-order valence-electron chi connectivity index (χ0n) is 11.6. The van der Waals surface area contributed by atoms with Gasteiger partial charge in [-0.15, -0.1) is 0 Å². The summed E-state index contributed by atoms with van der Waals surface area (Å²) >= 11 is 0. The van der Waals surface area contributed by atoms with Crippen molar-refractivity contribution >= 4 is 11.7 Å². The van der Waals surface area contributed by atoms with Crippen molar-refractivity contribution in [2.75, 3.05) is 24.6 Å². The molecule has 0 aromatic heterocycles. The van der Waals surface area contributed by atoms with E-state index in [-0.39, 0.29) is 6.61 Å². The number of aliphatic hydroxyl groups is 1. The van der Waals surface area contributed by atoms with E-state index >= 15 is 0 Å². The van der Waals surface area contributed by atoms with Crippen LogP contribution >= 0.6 is 0 Å². The number of benzene rings is 1. The molecular formula is C14H21NO4. The van der Waals surface area contributed by atoms with Crippen molar-refractivity contribution < 1.29 is 19.7 Å². The predicted octanol–water partition coefficient (Wildman–Crippen LogP) is 1.75. The first-order valence-electron chi connectivity index (χ1n) is 6.34. The molecule has 106 valence electrons. The summed E-state index contributed by atoms with van der Waals surface area (Å²) in [7, 11) is 0. The monoisotopic (exact) mass is 267 g/mol. The highest BCUT2D eigenvalue weighted by atomic mass is 16.5. The molecule has 0 saturated heterocycles. The van der Waals surface area contributed by atoms with E-state index in [0.29, 0.717) is 5.75 Å². The molecule has 1 atom stereocenters. The molecule has 1 rings (SSSR count). The first-order chi connectivity index (χ1) is 8.90. The number of rotatable bonds is 7. The third-order valence-electron chi connectivity index (χ3n) is 2.93. The summed E-state index contributed by atoms with van der Waals surface area (Å²) in [6.45, 7) is 6.81. The van der Waals surface area contributed by atoms with Crippen LogP contribution in [-0.2, 0) is 4.79 Å². The Labute approximate surface area is 113 Å². The zero-order valence-corrected chi connectivity index (χ0v) is 11.6. The highest BCUT2D eigenvalue weighted by Crippen LogP contribution is 2.21. The van der Waals surface area contributed by atoms with Crippen LogP contribution in [0, 0.1) is 0 Å². The van der Waals surface area contributed by atoms with Crippen LogP contribution in [0.2, 0.25) is 0 Å². The van der Waals surface area contributed by atoms with Gasteiger partial charge >= 0.3 is 5.97 Å². The molecule has 0 radical (unpaired) electrons. The van der Waals surface area contributed by atoms with Gasteiger partial charge in [0.15, 0.2) is 5.60 Å². The van der Waals surface area contributed by atoms with Crippen molar-refractivity contribution in [3.63, 3.8) is 0 Å². The SMILES string of the molecule is CCN(CC)c1cccc(OCC(C)(O)C(=O)O)c1. The molecule has 0 aliphatic carbocycles. The number of carboxylic acid groups (broad SMARTS) is 1. The van der Waals surface area contributed by atoms with Gasteiger partial charge in [-0.05, 0) is 32.9 Å². The normalized spacial score (nSPS) is 13.7. The van der Waals surface area contributed by atoms with Gasteiger partial charge in [-0.25, -0.2) is 4.79 Å². The largest absolute Gasteiger partial charge is 0.490 e. The molecular weight excluding hydrogens is 246 g/mol. The van der Waals surface area contributed by atoms with Gasteiger partial charge in [0.05, 0.1) is 0 Å². The summed E-state index contributed by atoms with van der Waals surface area (Å²) in [5, 5.41) is 18.4. The number of hydrogen-bond acceptors (Lipinski definition) is 4. The Hall–Kier alpha value is -1.75. The molecule has 0 saturated carbocycles. The molecule has 5 nitrogen and oxygen atoms in total. The van der Waals surface area contributed by atoms with E-state index in [9.17, 15) is 9.90 Å². The fourth-order valence-electron chi connectivity index (χ4n) is 1.64. The molecule has 0 heterocycles. The van der Waals surface area contributed by atoms with E-state index in [1.165, 1.54) is 6.92 Å². The predicted molar refractivity (Wildman–Crippen MR) is 73.8 cm³/mol. The van der Waals surface area contributed by atoms with Crippen molar-refractivity contribution in [2.24, 2.45) is 0 Å². The van der Waals surface area contributed by atoms with Crippen molar-refractivity contribution in [1.82, 2.24) is 0 Å². The summed E-state index contributed by atoms with van der Waals surface area (Å²) in [6.07, 6.45) is 0. The topological polar surface area (TPSA) is 70.0 Å². The van der Waals surface area contributed by atoms with Gasteiger partial charge in [0, 0.05) is 24.8 Å². The Morgan fingerprint density at radius 3 is 2.53 bits per heavy atom. The number of nitrogens with zero attached hydrogens (tertiary/aromatic N) is 1. The molecule has 1 unspecified atom stereocenters. The first kappa shape index (κ1) is 15.3. The molecule has 0 spiro atoms. The Balaban J connectivity index is 2.75. The van der Waals surface area contributed by atoms with E-state index in [1.54, 1.807) is 6.07 Å². The van der Waals surface area contributed by atoms with Crippen molar-refractivity contribution in [1.29, 1.82) is 0 Å². The minimum absolute atomic E-state index is 0.288. The Bertz CT molecular complexity index is 427. The van der Waals surface area contributed by atoms with Crippen molar-refractivity contribution in [3.05, 3.63) is 24.3 Å². The summed E-state index contributed by atoms with van der Waals surface area (Å²) < 4.78 is 5.35. The molecule has 2 N–H and O–H groups in total. The summed E-state index contributed by atoms with van der Waals surface area (Å²) in [6, 6.07) is 7.39. The van der Waals surface area contributed by atoms with Crippen LogP contribution in [-0.4, -0.2) is 41.5 Å².